The van der Waals surface area contributed by atoms with Gasteiger partial charge >= 0.3 is 6.03 Å². The average Bonchev–Trinajstić information content (AvgIpc) is 3.11. The fourth-order valence-electron chi connectivity index (χ4n) is 3.40. The van der Waals surface area contributed by atoms with Crippen molar-refractivity contribution >= 4 is 11.7 Å². The highest BCUT2D eigenvalue weighted by molar-refractivity contribution is 5.91. The van der Waals surface area contributed by atoms with Crippen molar-refractivity contribution in [3.8, 4) is 5.88 Å². The number of nitrogens with zero attached hydrogens (tertiary/aromatic N) is 2. The summed E-state index contributed by atoms with van der Waals surface area (Å²) in [7, 11) is 1.55. The second kappa shape index (κ2) is 7.36. The number of likely N-dealkylation sites (tertiary alicyclic amines) is 1. The van der Waals surface area contributed by atoms with Gasteiger partial charge in [0.05, 0.1) is 13.2 Å². The Bertz CT molecular complexity index is 766. The lowest BCUT2D eigenvalue weighted by molar-refractivity contribution is 0.207. The molecule has 2 aromatic rings. The second-order valence-corrected chi connectivity index (χ2v) is 7.71. The summed E-state index contributed by atoms with van der Waals surface area (Å²) in [6.07, 6.45) is 3.62. The zero-order chi connectivity index (χ0) is 18.7. The Morgan fingerprint density at radius 2 is 1.96 bits per heavy atom. The smallest absolute Gasteiger partial charge is 0.322 e. The Hall–Kier alpha value is -2.56. The van der Waals surface area contributed by atoms with Crippen LogP contribution in [0.25, 0.3) is 0 Å². The summed E-state index contributed by atoms with van der Waals surface area (Å²) in [6.45, 7) is 7.37. The van der Waals surface area contributed by atoms with Crippen LogP contribution in [0, 0.1) is 0 Å². The molecule has 138 valence electrons. The number of nitrogens with one attached hydrogen (secondary N) is 1. The molecule has 0 radical (unpaired) electrons. The normalized spacial score (nSPS) is 17.2. The molecule has 3 rings (SSSR count). The van der Waals surface area contributed by atoms with Gasteiger partial charge in [0.1, 0.15) is 5.69 Å². The van der Waals surface area contributed by atoms with Crippen LogP contribution < -0.4 is 10.1 Å². The number of carbonyl (C=O) groups excluding carboxylic acids is 1. The average molecular weight is 353 g/mol. The molecule has 1 atom stereocenters. The highest BCUT2D eigenvalue weighted by Crippen LogP contribution is 2.34. The molecule has 1 N–H and O–H groups in total. The van der Waals surface area contributed by atoms with Crippen LogP contribution in [0.15, 0.2) is 42.6 Å². The third-order valence-electron chi connectivity index (χ3n) is 4.88. The molecule has 5 heteroatoms. The lowest BCUT2D eigenvalue weighted by Gasteiger charge is -2.26. The predicted octanol–water partition coefficient (Wildman–Crippen LogP) is 4.76. The van der Waals surface area contributed by atoms with E-state index in [1.165, 1.54) is 11.1 Å². The maximum Gasteiger partial charge on any atom is 0.322 e. The molecule has 2 amide bonds. The summed E-state index contributed by atoms with van der Waals surface area (Å²) in [5.74, 6) is 0.422. The second-order valence-electron chi connectivity index (χ2n) is 7.71. The highest BCUT2D eigenvalue weighted by atomic mass is 16.5. The van der Waals surface area contributed by atoms with Gasteiger partial charge in [-0.05, 0) is 41.5 Å². The van der Waals surface area contributed by atoms with Gasteiger partial charge in [0.25, 0.3) is 0 Å². The Labute approximate surface area is 155 Å². The minimum absolute atomic E-state index is 0.103. The Balaban J connectivity index is 1.76. The maximum absolute atomic E-state index is 12.8. The number of anilines is 1. The van der Waals surface area contributed by atoms with E-state index in [1.807, 2.05) is 4.90 Å². The fourth-order valence-corrected chi connectivity index (χ4v) is 3.40. The van der Waals surface area contributed by atoms with E-state index in [4.69, 9.17) is 4.74 Å². The van der Waals surface area contributed by atoms with Gasteiger partial charge in [-0.3, -0.25) is 0 Å². The molecule has 1 aliphatic heterocycles. The van der Waals surface area contributed by atoms with Crippen molar-refractivity contribution in [1.29, 1.82) is 0 Å². The molecule has 5 nitrogen and oxygen atoms in total. The van der Waals surface area contributed by atoms with Crippen molar-refractivity contribution < 1.29 is 9.53 Å². The Morgan fingerprint density at radius 1 is 1.23 bits per heavy atom. The maximum atomic E-state index is 12.8. The van der Waals surface area contributed by atoms with Gasteiger partial charge < -0.3 is 15.0 Å². The molecule has 1 aromatic carbocycles. The van der Waals surface area contributed by atoms with E-state index in [9.17, 15) is 4.79 Å². The monoisotopic (exact) mass is 353 g/mol. The minimum atomic E-state index is -0.112. The molecule has 0 unspecified atom stereocenters. The van der Waals surface area contributed by atoms with Crippen molar-refractivity contribution in [3.05, 3.63) is 53.7 Å². The zero-order valence-corrected chi connectivity index (χ0v) is 16.0. The van der Waals surface area contributed by atoms with Crippen molar-refractivity contribution in [2.75, 3.05) is 19.0 Å². The van der Waals surface area contributed by atoms with Crippen molar-refractivity contribution in [2.24, 2.45) is 0 Å². The predicted molar refractivity (Wildman–Crippen MR) is 104 cm³/mol. The van der Waals surface area contributed by atoms with Crippen LogP contribution in [-0.4, -0.2) is 29.6 Å². The quantitative estimate of drug-likeness (QED) is 0.866. The molecule has 2 heterocycles. The standard InChI is InChI=1S/C21H27N3O2/c1-21(2,3)16-11-9-15(10-12-16)18-8-6-14-24(18)20(25)23-17-7-5-13-22-19(17)26-4/h5,7,9-13,18H,6,8,14H2,1-4H3,(H,23,25)/t18-/m1/s1. The van der Waals surface area contributed by atoms with Gasteiger partial charge in [0.2, 0.25) is 5.88 Å². The van der Waals surface area contributed by atoms with E-state index < -0.39 is 0 Å². The molecule has 0 aliphatic carbocycles. The summed E-state index contributed by atoms with van der Waals surface area (Å²) in [6, 6.07) is 12.2. The van der Waals surface area contributed by atoms with E-state index >= 15 is 0 Å². The number of amides is 2. The van der Waals surface area contributed by atoms with Gasteiger partial charge in [-0.25, -0.2) is 9.78 Å². The number of rotatable bonds is 3. The third kappa shape index (κ3) is 3.82. The van der Waals surface area contributed by atoms with Gasteiger partial charge in [-0.15, -0.1) is 0 Å². The molecule has 1 saturated heterocycles. The van der Waals surface area contributed by atoms with Gasteiger partial charge in [-0.1, -0.05) is 45.0 Å². The summed E-state index contributed by atoms with van der Waals surface area (Å²) in [4.78, 5) is 18.9. The Kier molecular flexibility index (Phi) is 5.16. The topological polar surface area (TPSA) is 54.5 Å². The molecular formula is C21H27N3O2. The highest BCUT2D eigenvalue weighted by Gasteiger charge is 2.30. The van der Waals surface area contributed by atoms with E-state index in [-0.39, 0.29) is 17.5 Å². The first-order valence-corrected chi connectivity index (χ1v) is 9.07. The minimum Gasteiger partial charge on any atom is -0.480 e. The van der Waals surface area contributed by atoms with E-state index in [0.717, 1.165) is 19.4 Å². The van der Waals surface area contributed by atoms with Crippen LogP contribution in [0.3, 0.4) is 0 Å². The lowest BCUT2D eigenvalue weighted by Crippen LogP contribution is -2.34. The fraction of sp³-hybridized carbons (Fsp3) is 0.429. The SMILES string of the molecule is COc1ncccc1NC(=O)N1CCC[C@@H]1c1ccc(C(C)(C)C)cc1. The largest absolute Gasteiger partial charge is 0.480 e. The molecule has 0 spiro atoms. The van der Waals surface area contributed by atoms with Crippen molar-refractivity contribution in [1.82, 2.24) is 9.88 Å². The van der Waals surface area contributed by atoms with E-state index in [0.29, 0.717) is 11.6 Å². The van der Waals surface area contributed by atoms with Crippen LogP contribution in [0.2, 0.25) is 0 Å². The van der Waals surface area contributed by atoms with E-state index in [2.05, 4.69) is 55.3 Å². The third-order valence-corrected chi connectivity index (χ3v) is 4.88. The van der Waals surface area contributed by atoms with Crippen LogP contribution in [0.5, 0.6) is 5.88 Å². The number of methoxy groups -OCH3 is 1. The number of hydrogen-bond donors (Lipinski definition) is 1. The number of hydrogen-bond acceptors (Lipinski definition) is 3. The number of benzene rings is 1. The number of carbonyl (C=O) groups is 1. The molecule has 0 bridgehead atoms. The summed E-state index contributed by atoms with van der Waals surface area (Å²) >= 11 is 0. The van der Waals surface area contributed by atoms with E-state index in [1.54, 1.807) is 25.4 Å². The first kappa shape index (κ1) is 18.2. The molecule has 1 aliphatic rings. The first-order valence-electron chi connectivity index (χ1n) is 9.07. The van der Waals surface area contributed by atoms with Crippen LogP contribution in [0.1, 0.15) is 50.8 Å². The summed E-state index contributed by atoms with van der Waals surface area (Å²) < 4.78 is 5.22. The molecule has 0 saturated carbocycles. The molecular weight excluding hydrogens is 326 g/mol. The molecule has 26 heavy (non-hydrogen) atoms. The van der Waals surface area contributed by atoms with Crippen LogP contribution in [-0.2, 0) is 5.41 Å². The molecule has 1 aromatic heterocycles. The van der Waals surface area contributed by atoms with Gasteiger partial charge in [-0.2, -0.15) is 0 Å². The number of urea groups is 1. The Morgan fingerprint density at radius 3 is 2.62 bits per heavy atom. The molecule has 1 fully saturated rings. The van der Waals surface area contributed by atoms with Gasteiger partial charge in [0, 0.05) is 12.7 Å². The van der Waals surface area contributed by atoms with Crippen molar-refractivity contribution in [2.45, 2.75) is 45.1 Å². The van der Waals surface area contributed by atoms with Gasteiger partial charge in [0.15, 0.2) is 0 Å². The number of ether oxygens (including phenoxy) is 1. The van der Waals surface area contributed by atoms with Crippen LogP contribution in [0.4, 0.5) is 10.5 Å². The summed E-state index contributed by atoms with van der Waals surface area (Å²) in [5.41, 5.74) is 3.20. The summed E-state index contributed by atoms with van der Waals surface area (Å²) in [5, 5.41) is 2.94. The number of aromatic nitrogens is 1. The van der Waals surface area contributed by atoms with Crippen molar-refractivity contribution in [3.63, 3.8) is 0 Å². The first-order chi connectivity index (χ1) is 12.4. The zero-order valence-electron chi connectivity index (χ0n) is 16.0. The van der Waals surface area contributed by atoms with Crippen LogP contribution >= 0.6 is 0 Å². The number of pyridine rings is 1. The lowest BCUT2D eigenvalue weighted by atomic mass is 9.86.